The minimum atomic E-state index is -0.191. The van der Waals surface area contributed by atoms with Crippen molar-refractivity contribution >= 4 is 10.9 Å². The van der Waals surface area contributed by atoms with E-state index in [2.05, 4.69) is 22.0 Å². The number of hydrogen-bond donors (Lipinski definition) is 2. The fraction of sp³-hybridized carbons (Fsp3) is 0.273. The number of aliphatic hydroxyl groups excluding tert-OH is 1. The molecule has 0 aliphatic heterocycles. The Kier molecular flexibility index (Phi) is 5.69. The summed E-state index contributed by atoms with van der Waals surface area (Å²) in [7, 11) is 1.63. The molecular weight excluding hydrogens is 380 g/mol. The molecule has 3 N–H and O–H groups in total. The van der Waals surface area contributed by atoms with Crippen LogP contribution in [0.4, 0.5) is 0 Å². The van der Waals surface area contributed by atoms with E-state index in [9.17, 15) is 5.11 Å². The quantitative estimate of drug-likeness (QED) is 0.486. The lowest BCUT2D eigenvalue weighted by atomic mass is 10.1. The molecule has 8 nitrogen and oxygen atoms in total. The fourth-order valence-electron chi connectivity index (χ4n) is 3.44. The molecule has 0 saturated heterocycles. The van der Waals surface area contributed by atoms with E-state index in [1.807, 2.05) is 30.3 Å². The zero-order chi connectivity index (χ0) is 21.1. The zero-order valence-corrected chi connectivity index (χ0v) is 17.0. The predicted molar refractivity (Wildman–Crippen MR) is 114 cm³/mol. The maximum Gasteiger partial charge on any atom is 0.172 e. The Morgan fingerprint density at radius 1 is 1.17 bits per heavy atom. The van der Waals surface area contributed by atoms with E-state index in [0.29, 0.717) is 17.3 Å². The van der Waals surface area contributed by atoms with Crippen LogP contribution in [0.15, 0.2) is 48.9 Å². The molecule has 4 aromatic rings. The fourth-order valence-corrected chi connectivity index (χ4v) is 3.44. The summed E-state index contributed by atoms with van der Waals surface area (Å²) in [6, 6.07) is 9.73. The summed E-state index contributed by atoms with van der Waals surface area (Å²) in [5.74, 6) is 1.20. The highest BCUT2D eigenvalue weighted by Crippen LogP contribution is 2.33. The van der Waals surface area contributed by atoms with Gasteiger partial charge < -0.3 is 15.6 Å². The summed E-state index contributed by atoms with van der Waals surface area (Å²) in [5, 5.41) is 14.7. The van der Waals surface area contributed by atoms with Gasteiger partial charge in [-0.25, -0.2) is 9.67 Å². The van der Waals surface area contributed by atoms with Crippen molar-refractivity contribution in [2.45, 2.75) is 32.4 Å². The van der Waals surface area contributed by atoms with Gasteiger partial charge in [-0.1, -0.05) is 19.4 Å². The molecule has 0 amide bonds. The lowest BCUT2D eigenvalue weighted by molar-refractivity contribution is 0.276. The number of rotatable bonds is 7. The summed E-state index contributed by atoms with van der Waals surface area (Å²) in [6.07, 6.45) is 6.74. The number of nitrogens with zero attached hydrogens (tertiary/aromatic N) is 5. The summed E-state index contributed by atoms with van der Waals surface area (Å²) in [5.41, 5.74) is 10.1. The summed E-state index contributed by atoms with van der Waals surface area (Å²) in [4.78, 5) is 13.4. The van der Waals surface area contributed by atoms with E-state index in [1.165, 1.54) is 6.20 Å². The van der Waals surface area contributed by atoms with Gasteiger partial charge in [-0.2, -0.15) is 5.10 Å². The number of aromatic nitrogens is 5. The van der Waals surface area contributed by atoms with Crippen molar-refractivity contribution in [2.24, 2.45) is 5.73 Å². The van der Waals surface area contributed by atoms with E-state index in [-0.39, 0.29) is 12.6 Å². The number of aliphatic hydroxyl groups is 1. The Morgan fingerprint density at radius 3 is 2.80 bits per heavy atom. The zero-order valence-electron chi connectivity index (χ0n) is 17.0. The van der Waals surface area contributed by atoms with Crippen LogP contribution in [-0.4, -0.2) is 36.9 Å². The number of hydrogen-bond acceptors (Lipinski definition) is 7. The van der Waals surface area contributed by atoms with E-state index >= 15 is 0 Å². The van der Waals surface area contributed by atoms with E-state index in [4.69, 9.17) is 15.5 Å². The van der Waals surface area contributed by atoms with Crippen molar-refractivity contribution in [3.63, 3.8) is 0 Å². The van der Waals surface area contributed by atoms with Gasteiger partial charge in [-0.3, -0.25) is 9.97 Å². The standard InChI is InChI=1S/C22H24N6O2/c1-3-5-17(23)19-7-4-6-18(27-19)14-8-20-16(21(9-14)30-2)11-25-28(20)22-12-24-10-15(13-29)26-22/h4,6-12,17,29H,3,5,13,23H2,1-2H3. The molecule has 1 atom stereocenters. The molecule has 0 saturated carbocycles. The highest BCUT2D eigenvalue weighted by molar-refractivity contribution is 5.90. The van der Waals surface area contributed by atoms with Crippen LogP contribution in [0, 0.1) is 0 Å². The predicted octanol–water partition coefficient (Wildman–Crippen LogP) is 3.18. The lowest BCUT2D eigenvalue weighted by Crippen LogP contribution is -2.11. The topological polar surface area (TPSA) is 112 Å². The molecule has 8 heteroatoms. The molecule has 1 aromatic carbocycles. The van der Waals surface area contributed by atoms with Crippen LogP contribution >= 0.6 is 0 Å². The Labute approximate surface area is 174 Å². The Balaban J connectivity index is 1.85. The Morgan fingerprint density at radius 2 is 2.03 bits per heavy atom. The second kappa shape index (κ2) is 8.56. The highest BCUT2D eigenvalue weighted by atomic mass is 16.5. The van der Waals surface area contributed by atoms with Gasteiger partial charge in [0.05, 0.1) is 60.3 Å². The summed E-state index contributed by atoms with van der Waals surface area (Å²) < 4.78 is 7.30. The first-order chi connectivity index (χ1) is 14.6. The first-order valence-corrected chi connectivity index (χ1v) is 9.85. The molecular formula is C22H24N6O2. The van der Waals surface area contributed by atoms with Crippen LogP contribution in [0.3, 0.4) is 0 Å². The molecule has 0 radical (unpaired) electrons. The number of fused-ring (bicyclic) bond motifs is 1. The first-order valence-electron chi connectivity index (χ1n) is 9.85. The largest absolute Gasteiger partial charge is 0.496 e. The van der Waals surface area contributed by atoms with Crippen molar-refractivity contribution in [2.75, 3.05) is 7.11 Å². The minimum Gasteiger partial charge on any atom is -0.496 e. The van der Waals surface area contributed by atoms with Gasteiger partial charge in [0.15, 0.2) is 5.82 Å². The minimum absolute atomic E-state index is 0.0948. The van der Waals surface area contributed by atoms with E-state index in [1.54, 1.807) is 24.2 Å². The number of methoxy groups -OCH3 is 1. The monoisotopic (exact) mass is 404 g/mol. The molecule has 0 bridgehead atoms. The SMILES string of the molecule is CCCC(N)c1cccc(-c2cc(OC)c3cnn(-c4cncc(CO)n4)c3c2)n1. The van der Waals surface area contributed by atoms with Crippen LogP contribution in [-0.2, 0) is 6.61 Å². The normalized spacial score (nSPS) is 12.3. The molecule has 3 heterocycles. The van der Waals surface area contributed by atoms with Gasteiger partial charge in [0.1, 0.15) is 5.75 Å². The molecule has 1 unspecified atom stereocenters. The average molecular weight is 404 g/mol. The number of benzene rings is 1. The van der Waals surface area contributed by atoms with Crippen LogP contribution in [0.5, 0.6) is 5.75 Å². The van der Waals surface area contributed by atoms with Crippen LogP contribution < -0.4 is 10.5 Å². The van der Waals surface area contributed by atoms with Gasteiger partial charge in [-0.05, 0) is 30.7 Å². The van der Waals surface area contributed by atoms with E-state index in [0.717, 1.165) is 40.7 Å². The third-order valence-corrected chi connectivity index (χ3v) is 4.97. The second-order valence-electron chi connectivity index (χ2n) is 7.04. The van der Waals surface area contributed by atoms with Gasteiger partial charge in [-0.15, -0.1) is 0 Å². The van der Waals surface area contributed by atoms with Crippen molar-refractivity contribution in [3.8, 4) is 22.8 Å². The first kappa shape index (κ1) is 19.9. The Hall–Kier alpha value is -3.36. The molecule has 3 aromatic heterocycles. The highest BCUT2D eigenvalue weighted by Gasteiger charge is 2.15. The molecule has 30 heavy (non-hydrogen) atoms. The van der Waals surface area contributed by atoms with Crippen LogP contribution in [0.25, 0.3) is 28.0 Å². The third-order valence-electron chi connectivity index (χ3n) is 4.97. The maximum atomic E-state index is 9.39. The van der Waals surface area contributed by atoms with Crippen LogP contribution in [0.1, 0.15) is 37.2 Å². The molecule has 0 aliphatic carbocycles. The van der Waals surface area contributed by atoms with Gasteiger partial charge >= 0.3 is 0 Å². The molecule has 4 rings (SSSR count). The number of nitrogens with two attached hydrogens (primary N) is 1. The van der Waals surface area contributed by atoms with Crippen molar-refractivity contribution in [1.29, 1.82) is 0 Å². The summed E-state index contributed by atoms with van der Waals surface area (Å²) in [6.45, 7) is 1.92. The van der Waals surface area contributed by atoms with Gasteiger partial charge in [0.2, 0.25) is 0 Å². The number of pyridine rings is 1. The van der Waals surface area contributed by atoms with Crippen molar-refractivity contribution < 1.29 is 9.84 Å². The second-order valence-corrected chi connectivity index (χ2v) is 7.04. The Bertz CT molecular complexity index is 1170. The molecule has 154 valence electrons. The van der Waals surface area contributed by atoms with Crippen molar-refractivity contribution in [3.05, 3.63) is 60.3 Å². The average Bonchev–Trinajstić information content (AvgIpc) is 3.23. The maximum absolute atomic E-state index is 9.39. The van der Waals surface area contributed by atoms with Gasteiger partial charge in [0.25, 0.3) is 0 Å². The van der Waals surface area contributed by atoms with E-state index < -0.39 is 0 Å². The molecule has 0 spiro atoms. The smallest absolute Gasteiger partial charge is 0.172 e. The third kappa shape index (κ3) is 3.74. The lowest BCUT2D eigenvalue weighted by Gasteiger charge is -2.12. The molecule has 0 fully saturated rings. The number of ether oxygens (including phenoxy) is 1. The van der Waals surface area contributed by atoms with Crippen molar-refractivity contribution in [1.82, 2.24) is 24.7 Å². The summed E-state index contributed by atoms with van der Waals surface area (Å²) >= 11 is 0. The van der Waals surface area contributed by atoms with Crippen LogP contribution in [0.2, 0.25) is 0 Å². The molecule has 0 aliphatic rings. The van der Waals surface area contributed by atoms with Gasteiger partial charge in [0, 0.05) is 11.6 Å².